The van der Waals surface area contributed by atoms with E-state index in [4.69, 9.17) is 5.73 Å². The van der Waals surface area contributed by atoms with Crippen molar-refractivity contribution >= 4 is 0 Å². The van der Waals surface area contributed by atoms with Gasteiger partial charge in [-0.3, -0.25) is 0 Å². The van der Waals surface area contributed by atoms with E-state index in [1.165, 1.54) is 6.07 Å². The predicted octanol–water partition coefficient (Wildman–Crippen LogP) is 4.38. The average molecular weight is 271 g/mol. The number of benzene rings is 1. The Morgan fingerprint density at radius 1 is 1.37 bits per heavy atom. The number of hydrogen-bond donors (Lipinski definition) is 1. The Morgan fingerprint density at radius 2 is 2.05 bits per heavy atom. The molecule has 2 unspecified atom stereocenters. The minimum atomic E-state index is -4.29. The molecule has 1 aliphatic carbocycles. The number of halogens is 3. The molecule has 0 saturated heterocycles. The van der Waals surface area contributed by atoms with Crippen LogP contribution in [-0.4, -0.2) is 0 Å². The van der Waals surface area contributed by atoms with Crippen molar-refractivity contribution in [3.05, 3.63) is 34.9 Å². The lowest BCUT2D eigenvalue weighted by Gasteiger charge is -2.27. The normalized spacial score (nSPS) is 27.8. The summed E-state index contributed by atoms with van der Waals surface area (Å²) in [5.74, 6) is 0.590. The molecular formula is C15H20F3N. The maximum absolute atomic E-state index is 12.7. The van der Waals surface area contributed by atoms with E-state index in [2.05, 4.69) is 6.92 Å². The van der Waals surface area contributed by atoms with Gasteiger partial charge in [0.2, 0.25) is 0 Å². The average Bonchev–Trinajstić information content (AvgIpc) is 2.70. The minimum absolute atomic E-state index is 0.450. The monoisotopic (exact) mass is 271 g/mol. The van der Waals surface area contributed by atoms with Crippen LogP contribution in [0, 0.1) is 12.8 Å². The van der Waals surface area contributed by atoms with Gasteiger partial charge < -0.3 is 5.73 Å². The van der Waals surface area contributed by atoms with E-state index in [1.54, 1.807) is 13.0 Å². The van der Waals surface area contributed by atoms with Gasteiger partial charge in [0.25, 0.3) is 0 Å². The highest BCUT2D eigenvalue weighted by Crippen LogP contribution is 2.43. The quantitative estimate of drug-likeness (QED) is 0.848. The second-order valence-corrected chi connectivity index (χ2v) is 5.70. The van der Waals surface area contributed by atoms with E-state index in [0.717, 1.165) is 37.3 Å². The number of nitrogens with two attached hydrogens (primary N) is 1. The molecule has 0 amide bonds. The van der Waals surface area contributed by atoms with Gasteiger partial charge in [-0.05, 0) is 55.4 Å². The summed E-state index contributed by atoms with van der Waals surface area (Å²) in [4.78, 5) is 0. The van der Waals surface area contributed by atoms with Gasteiger partial charge >= 0.3 is 6.18 Å². The molecule has 4 heteroatoms. The van der Waals surface area contributed by atoms with Crippen molar-refractivity contribution < 1.29 is 13.2 Å². The Kier molecular flexibility index (Phi) is 3.65. The lowest BCUT2D eigenvalue weighted by molar-refractivity contribution is -0.137. The van der Waals surface area contributed by atoms with E-state index < -0.39 is 17.3 Å². The summed E-state index contributed by atoms with van der Waals surface area (Å²) in [6.45, 7) is 3.86. The highest BCUT2D eigenvalue weighted by Gasteiger charge is 2.38. The topological polar surface area (TPSA) is 26.0 Å². The van der Waals surface area contributed by atoms with Crippen LogP contribution in [0.3, 0.4) is 0 Å². The van der Waals surface area contributed by atoms with Gasteiger partial charge in [0, 0.05) is 5.54 Å². The lowest BCUT2D eigenvalue weighted by atomic mass is 9.84. The Hall–Kier alpha value is -1.03. The van der Waals surface area contributed by atoms with Gasteiger partial charge in [-0.2, -0.15) is 13.2 Å². The summed E-state index contributed by atoms with van der Waals surface area (Å²) >= 11 is 0. The molecule has 1 aliphatic rings. The van der Waals surface area contributed by atoms with Crippen molar-refractivity contribution in [3.63, 3.8) is 0 Å². The third-order valence-corrected chi connectivity index (χ3v) is 4.32. The fraction of sp³-hybridized carbons (Fsp3) is 0.600. The molecule has 1 fully saturated rings. The highest BCUT2D eigenvalue weighted by atomic mass is 19.4. The zero-order chi connectivity index (χ0) is 14.3. The Balaban J connectivity index is 2.32. The van der Waals surface area contributed by atoms with Crippen LogP contribution >= 0.6 is 0 Å². The largest absolute Gasteiger partial charge is 0.416 e. The maximum Gasteiger partial charge on any atom is 0.416 e. The molecule has 1 nitrogen and oxygen atoms in total. The summed E-state index contributed by atoms with van der Waals surface area (Å²) in [7, 11) is 0. The van der Waals surface area contributed by atoms with E-state index in [9.17, 15) is 13.2 Å². The molecule has 19 heavy (non-hydrogen) atoms. The molecule has 0 spiro atoms. The molecular weight excluding hydrogens is 251 g/mol. The van der Waals surface area contributed by atoms with Gasteiger partial charge in [0.1, 0.15) is 0 Å². The van der Waals surface area contributed by atoms with Crippen LogP contribution in [0.1, 0.15) is 49.3 Å². The van der Waals surface area contributed by atoms with Gasteiger partial charge in [-0.1, -0.05) is 19.4 Å². The van der Waals surface area contributed by atoms with Crippen molar-refractivity contribution in [1.82, 2.24) is 0 Å². The van der Waals surface area contributed by atoms with Gasteiger partial charge in [-0.15, -0.1) is 0 Å². The number of aryl methyl sites for hydroxylation is 1. The molecule has 0 bridgehead atoms. The van der Waals surface area contributed by atoms with Crippen LogP contribution in [0.15, 0.2) is 18.2 Å². The van der Waals surface area contributed by atoms with Crippen molar-refractivity contribution in [3.8, 4) is 0 Å². The summed E-state index contributed by atoms with van der Waals surface area (Å²) in [5.41, 5.74) is 6.90. The first-order chi connectivity index (χ1) is 8.76. The molecule has 0 aromatic heterocycles. The molecule has 2 N–H and O–H groups in total. The summed E-state index contributed by atoms with van der Waals surface area (Å²) < 4.78 is 38.0. The van der Waals surface area contributed by atoms with Crippen molar-refractivity contribution in [1.29, 1.82) is 0 Å². The third-order valence-electron chi connectivity index (χ3n) is 4.32. The van der Waals surface area contributed by atoms with E-state index in [0.29, 0.717) is 11.5 Å². The SMILES string of the molecule is CCC1CCC(N)(c2ccc(C(F)(F)F)cc2C)C1. The molecule has 1 aromatic rings. The predicted molar refractivity (Wildman–Crippen MR) is 69.7 cm³/mol. The summed E-state index contributed by atoms with van der Waals surface area (Å²) in [5, 5.41) is 0. The Bertz CT molecular complexity index is 467. The second-order valence-electron chi connectivity index (χ2n) is 5.70. The van der Waals surface area contributed by atoms with Crippen LogP contribution < -0.4 is 5.73 Å². The number of alkyl halides is 3. The molecule has 0 aliphatic heterocycles. The van der Waals surface area contributed by atoms with Gasteiger partial charge in [0.05, 0.1) is 5.56 Å². The highest BCUT2D eigenvalue weighted by molar-refractivity contribution is 5.38. The third kappa shape index (κ3) is 2.78. The van der Waals surface area contributed by atoms with Crippen LogP contribution in [0.2, 0.25) is 0 Å². The molecule has 0 heterocycles. The van der Waals surface area contributed by atoms with Gasteiger partial charge in [-0.25, -0.2) is 0 Å². The van der Waals surface area contributed by atoms with E-state index in [-0.39, 0.29) is 0 Å². The molecule has 0 radical (unpaired) electrons. The van der Waals surface area contributed by atoms with E-state index >= 15 is 0 Å². The van der Waals surface area contributed by atoms with Crippen LogP contribution in [0.25, 0.3) is 0 Å². The fourth-order valence-electron chi connectivity index (χ4n) is 3.17. The smallest absolute Gasteiger partial charge is 0.321 e. The molecule has 1 aromatic carbocycles. The summed E-state index contributed by atoms with van der Waals surface area (Å²) in [6, 6.07) is 3.93. The number of hydrogen-bond acceptors (Lipinski definition) is 1. The zero-order valence-corrected chi connectivity index (χ0v) is 11.3. The first-order valence-electron chi connectivity index (χ1n) is 6.73. The van der Waals surface area contributed by atoms with Crippen LogP contribution in [0.5, 0.6) is 0 Å². The fourth-order valence-corrected chi connectivity index (χ4v) is 3.17. The Labute approximate surface area is 112 Å². The zero-order valence-electron chi connectivity index (χ0n) is 11.3. The first-order valence-corrected chi connectivity index (χ1v) is 6.73. The van der Waals surface area contributed by atoms with Crippen molar-refractivity contribution in [2.45, 2.75) is 51.2 Å². The van der Waals surface area contributed by atoms with Crippen LogP contribution in [-0.2, 0) is 11.7 Å². The van der Waals surface area contributed by atoms with Crippen molar-refractivity contribution in [2.24, 2.45) is 11.7 Å². The number of rotatable bonds is 2. The minimum Gasteiger partial charge on any atom is -0.321 e. The van der Waals surface area contributed by atoms with E-state index in [1.807, 2.05) is 0 Å². The molecule has 106 valence electrons. The molecule has 2 atom stereocenters. The van der Waals surface area contributed by atoms with Crippen molar-refractivity contribution in [2.75, 3.05) is 0 Å². The Morgan fingerprint density at radius 3 is 2.53 bits per heavy atom. The molecule has 2 rings (SSSR count). The maximum atomic E-state index is 12.7. The van der Waals surface area contributed by atoms with Crippen LogP contribution in [0.4, 0.5) is 13.2 Å². The second kappa shape index (κ2) is 4.82. The first kappa shape index (κ1) is 14.4. The standard InChI is InChI=1S/C15H20F3N/c1-3-11-6-7-14(19,9-11)13-5-4-12(8-10(13)2)15(16,17)18/h4-5,8,11H,3,6-7,9,19H2,1-2H3. The van der Waals surface area contributed by atoms with Gasteiger partial charge in [0.15, 0.2) is 0 Å². The summed E-state index contributed by atoms with van der Waals surface area (Å²) in [6.07, 6.45) is -0.411. The molecule has 1 saturated carbocycles. The lowest BCUT2D eigenvalue weighted by Crippen LogP contribution is -2.34.